The Morgan fingerprint density at radius 2 is 2.05 bits per heavy atom. The number of nitrogens with zero attached hydrogens (tertiary/aromatic N) is 2. The fourth-order valence-corrected chi connectivity index (χ4v) is 3.40. The van der Waals surface area contributed by atoms with Gasteiger partial charge < -0.3 is 10.1 Å². The highest BCUT2D eigenvalue weighted by Crippen LogP contribution is 2.32. The van der Waals surface area contributed by atoms with Gasteiger partial charge >= 0.3 is 0 Å². The van der Waals surface area contributed by atoms with E-state index in [-0.39, 0.29) is 6.04 Å². The molecular formula is C17H21N3O. The predicted octanol–water partition coefficient (Wildman–Crippen LogP) is 3.22. The van der Waals surface area contributed by atoms with Gasteiger partial charge in [-0.25, -0.2) is 0 Å². The van der Waals surface area contributed by atoms with Gasteiger partial charge in [0.2, 0.25) is 0 Å². The fourth-order valence-electron chi connectivity index (χ4n) is 3.40. The van der Waals surface area contributed by atoms with E-state index in [9.17, 15) is 0 Å². The number of hydrogen-bond donors (Lipinski definition) is 1. The first-order chi connectivity index (χ1) is 10.4. The molecule has 1 unspecified atom stereocenters. The Morgan fingerprint density at radius 3 is 2.95 bits per heavy atom. The molecule has 1 aromatic carbocycles. The molecule has 1 aliphatic heterocycles. The Bertz CT molecular complexity index is 616. The molecule has 2 aliphatic rings. The molecule has 1 saturated carbocycles. The van der Waals surface area contributed by atoms with E-state index in [1.807, 2.05) is 12.1 Å². The molecule has 1 aromatic heterocycles. The first kappa shape index (κ1) is 12.9. The molecule has 0 radical (unpaired) electrons. The van der Waals surface area contributed by atoms with Crippen molar-refractivity contribution in [3.05, 3.63) is 47.8 Å². The summed E-state index contributed by atoms with van der Waals surface area (Å²) in [5.41, 5.74) is 2.37. The van der Waals surface area contributed by atoms with Crippen LogP contribution < -0.4 is 10.1 Å². The molecule has 0 amide bonds. The summed E-state index contributed by atoms with van der Waals surface area (Å²) in [5, 5.41) is 8.28. The van der Waals surface area contributed by atoms with Gasteiger partial charge in [0, 0.05) is 18.3 Å². The molecule has 1 aliphatic carbocycles. The van der Waals surface area contributed by atoms with Crippen LogP contribution in [0.2, 0.25) is 0 Å². The lowest BCUT2D eigenvalue weighted by Crippen LogP contribution is -2.22. The Morgan fingerprint density at radius 1 is 1.19 bits per heavy atom. The van der Waals surface area contributed by atoms with Gasteiger partial charge in [0.15, 0.2) is 0 Å². The van der Waals surface area contributed by atoms with Gasteiger partial charge in [-0.3, -0.25) is 4.68 Å². The second kappa shape index (κ2) is 5.53. The first-order valence-corrected chi connectivity index (χ1v) is 7.89. The molecule has 1 fully saturated rings. The van der Waals surface area contributed by atoms with Crippen LogP contribution in [0.4, 0.5) is 0 Å². The zero-order chi connectivity index (χ0) is 14.1. The van der Waals surface area contributed by atoms with E-state index in [4.69, 9.17) is 9.84 Å². The molecule has 110 valence electrons. The third-order valence-electron chi connectivity index (χ3n) is 4.59. The van der Waals surface area contributed by atoms with Crippen LogP contribution in [-0.4, -0.2) is 16.4 Å². The van der Waals surface area contributed by atoms with E-state index in [0.29, 0.717) is 12.6 Å². The Balaban J connectivity index is 1.39. The summed E-state index contributed by atoms with van der Waals surface area (Å²) in [6.45, 7) is 1.50. The summed E-state index contributed by atoms with van der Waals surface area (Å²) < 4.78 is 7.85. The number of rotatable bonds is 4. The van der Waals surface area contributed by atoms with Crippen LogP contribution in [0.25, 0.3) is 0 Å². The maximum Gasteiger partial charge on any atom is 0.124 e. The average Bonchev–Trinajstić information content (AvgIpc) is 3.25. The highest BCUT2D eigenvalue weighted by atomic mass is 16.5. The standard InChI is InChI=1S/C17H21N3O/c1-2-6-14(5-1)20-10-9-13(19-20)11-18-16-12-21-17-8-4-3-7-15(16)17/h3-4,7-10,14,16,18H,1-2,5-6,11-12H2. The molecule has 0 bridgehead atoms. The van der Waals surface area contributed by atoms with Gasteiger partial charge in [-0.15, -0.1) is 0 Å². The molecule has 0 saturated heterocycles. The minimum Gasteiger partial charge on any atom is -0.491 e. The van der Waals surface area contributed by atoms with Crippen molar-refractivity contribution in [2.24, 2.45) is 0 Å². The minimum atomic E-state index is 0.276. The van der Waals surface area contributed by atoms with Crippen LogP contribution in [0, 0.1) is 0 Å². The van der Waals surface area contributed by atoms with Crippen molar-refractivity contribution in [3.63, 3.8) is 0 Å². The van der Waals surface area contributed by atoms with Crippen molar-refractivity contribution in [2.75, 3.05) is 6.61 Å². The van der Waals surface area contributed by atoms with E-state index < -0.39 is 0 Å². The van der Waals surface area contributed by atoms with Crippen molar-refractivity contribution < 1.29 is 4.74 Å². The van der Waals surface area contributed by atoms with Crippen molar-refractivity contribution in [1.82, 2.24) is 15.1 Å². The molecular weight excluding hydrogens is 262 g/mol. The zero-order valence-electron chi connectivity index (χ0n) is 12.2. The molecule has 2 heterocycles. The van der Waals surface area contributed by atoms with Crippen LogP contribution in [0.3, 0.4) is 0 Å². The summed E-state index contributed by atoms with van der Waals surface area (Å²) >= 11 is 0. The van der Waals surface area contributed by atoms with Crippen molar-refractivity contribution >= 4 is 0 Å². The number of hydrogen-bond acceptors (Lipinski definition) is 3. The zero-order valence-corrected chi connectivity index (χ0v) is 12.2. The maximum absolute atomic E-state index is 5.70. The van der Waals surface area contributed by atoms with Crippen LogP contribution in [0.1, 0.15) is 49.0 Å². The maximum atomic E-state index is 5.70. The lowest BCUT2D eigenvalue weighted by atomic mass is 10.1. The molecule has 21 heavy (non-hydrogen) atoms. The third-order valence-corrected chi connectivity index (χ3v) is 4.59. The summed E-state index contributed by atoms with van der Waals surface area (Å²) in [4.78, 5) is 0. The van der Waals surface area contributed by atoms with Gasteiger partial charge in [-0.1, -0.05) is 31.0 Å². The second-order valence-corrected chi connectivity index (χ2v) is 6.01. The Hall–Kier alpha value is -1.81. The monoisotopic (exact) mass is 283 g/mol. The molecule has 4 nitrogen and oxygen atoms in total. The summed E-state index contributed by atoms with van der Waals surface area (Å²) in [7, 11) is 0. The number of benzene rings is 1. The quantitative estimate of drug-likeness (QED) is 0.936. The highest BCUT2D eigenvalue weighted by Gasteiger charge is 2.23. The molecule has 2 aromatic rings. The van der Waals surface area contributed by atoms with E-state index in [2.05, 4.69) is 34.4 Å². The number of nitrogens with one attached hydrogen (secondary N) is 1. The molecule has 0 spiro atoms. The van der Waals surface area contributed by atoms with E-state index >= 15 is 0 Å². The van der Waals surface area contributed by atoms with Gasteiger partial charge in [0.05, 0.1) is 17.8 Å². The summed E-state index contributed by atoms with van der Waals surface area (Å²) in [5.74, 6) is 1.01. The number of ether oxygens (including phenoxy) is 1. The normalized spacial score (nSPS) is 21.4. The van der Waals surface area contributed by atoms with Crippen LogP contribution >= 0.6 is 0 Å². The van der Waals surface area contributed by atoms with E-state index in [0.717, 1.165) is 18.0 Å². The van der Waals surface area contributed by atoms with Crippen LogP contribution in [0.15, 0.2) is 36.5 Å². The number of para-hydroxylation sites is 1. The number of fused-ring (bicyclic) bond motifs is 1. The van der Waals surface area contributed by atoms with E-state index in [1.54, 1.807) is 0 Å². The Labute approximate surface area is 125 Å². The Kier molecular flexibility index (Phi) is 3.39. The second-order valence-electron chi connectivity index (χ2n) is 6.01. The fraction of sp³-hybridized carbons (Fsp3) is 0.471. The summed E-state index contributed by atoms with van der Waals surface area (Å²) in [6, 6.07) is 11.3. The van der Waals surface area contributed by atoms with Crippen LogP contribution in [0.5, 0.6) is 5.75 Å². The average molecular weight is 283 g/mol. The topological polar surface area (TPSA) is 39.1 Å². The van der Waals surface area contributed by atoms with Gasteiger partial charge in [0.25, 0.3) is 0 Å². The molecule has 4 heteroatoms. The van der Waals surface area contributed by atoms with Gasteiger partial charge in [0.1, 0.15) is 12.4 Å². The first-order valence-electron chi connectivity index (χ1n) is 7.89. The molecule has 4 rings (SSSR count). The SMILES string of the molecule is c1ccc2c(c1)OCC2NCc1ccn(C2CCCC2)n1. The van der Waals surface area contributed by atoms with Crippen molar-refractivity contribution in [3.8, 4) is 5.75 Å². The predicted molar refractivity (Wildman–Crippen MR) is 81.2 cm³/mol. The highest BCUT2D eigenvalue weighted by molar-refractivity contribution is 5.39. The lowest BCUT2D eigenvalue weighted by Gasteiger charge is -2.11. The number of aromatic nitrogens is 2. The van der Waals surface area contributed by atoms with Gasteiger partial charge in [-0.2, -0.15) is 5.10 Å². The molecule has 1 N–H and O–H groups in total. The lowest BCUT2D eigenvalue weighted by molar-refractivity contribution is 0.310. The third kappa shape index (κ3) is 2.56. The van der Waals surface area contributed by atoms with Gasteiger partial charge in [-0.05, 0) is 25.0 Å². The minimum absolute atomic E-state index is 0.276. The smallest absolute Gasteiger partial charge is 0.124 e. The van der Waals surface area contributed by atoms with Crippen LogP contribution in [-0.2, 0) is 6.54 Å². The summed E-state index contributed by atoms with van der Waals surface area (Å²) in [6.07, 6.45) is 7.37. The van der Waals surface area contributed by atoms with Crippen molar-refractivity contribution in [2.45, 2.75) is 44.3 Å². The molecule has 1 atom stereocenters. The largest absolute Gasteiger partial charge is 0.491 e. The van der Waals surface area contributed by atoms with E-state index in [1.165, 1.54) is 31.2 Å². The van der Waals surface area contributed by atoms with Crippen molar-refractivity contribution in [1.29, 1.82) is 0 Å².